The van der Waals surface area contributed by atoms with Gasteiger partial charge in [0.15, 0.2) is 5.65 Å². The number of aromatic amines is 2. The Bertz CT molecular complexity index is 909. The first-order valence-corrected chi connectivity index (χ1v) is 7.44. The van der Waals surface area contributed by atoms with Gasteiger partial charge in [0.05, 0.1) is 5.56 Å². The number of nitrogens with zero attached hydrogens (tertiary/aromatic N) is 5. The SMILES string of the molecule is O=C(c1ccc2nncn2c1)N1CCCC(c2n[nH]c(=O)[nH]2)C1. The molecule has 0 spiro atoms. The van der Waals surface area contributed by atoms with Gasteiger partial charge in [-0.25, -0.2) is 9.89 Å². The maximum Gasteiger partial charge on any atom is 0.340 e. The van der Waals surface area contributed by atoms with Crippen molar-refractivity contribution in [2.75, 3.05) is 13.1 Å². The van der Waals surface area contributed by atoms with Crippen LogP contribution in [-0.2, 0) is 0 Å². The third-order valence-electron chi connectivity index (χ3n) is 4.15. The van der Waals surface area contributed by atoms with Crippen molar-refractivity contribution in [3.63, 3.8) is 0 Å². The molecule has 1 atom stereocenters. The van der Waals surface area contributed by atoms with E-state index in [0.29, 0.717) is 30.1 Å². The second kappa shape index (κ2) is 5.34. The molecule has 4 rings (SSSR count). The molecular weight excluding hydrogens is 298 g/mol. The van der Waals surface area contributed by atoms with Crippen molar-refractivity contribution >= 4 is 11.6 Å². The number of carbonyl (C=O) groups is 1. The minimum Gasteiger partial charge on any atom is -0.338 e. The summed E-state index contributed by atoms with van der Waals surface area (Å²) in [6.45, 7) is 1.24. The summed E-state index contributed by atoms with van der Waals surface area (Å²) in [5.74, 6) is 0.621. The van der Waals surface area contributed by atoms with Gasteiger partial charge in [0, 0.05) is 25.2 Å². The Hall–Kier alpha value is -2.97. The van der Waals surface area contributed by atoms with E-state index in [1.54, 1.807) is 34.0 Å². The third-order valence-corrected chi connectivity index (χ3v) is 4.15. The molecule has 9 nitrogen and oxygen atoms in total. The molecule has 9 heteroatoms. The summed E-state index contributed by atoms with van der Waals surface area (Å²) in [4.78, 5) is 28.4. The van der Waals surface area contributed by atoms with E-state index < -0.39 is 0 Å². The fourth-order valence-corrected chi connectivity index (χ4v) is 3.00. The summed E-state index contributed by atoms with van der Waals surface area (Å²) in [6, 6.07) is 3.53. The molecule has 1 saturated heterocycles. The summed E-state index contributed by atoms with van der Waals surface area (Å²) >= 11 is 0. The van der Waals surface area contributed by atoms with E-state index in [1.807, 2.05) is 0 Å². The largest absolute Gasteiger partial charge is 0.340 e. The van der Waals surface area contributed by atoms with Crippen LogP contribution < -0.4 is 5.69 Å². The molecule has 0 radical (unpaired) electrons. The van der Waals surface area contributed by atoms with E-state index in [1.165, 1.54) is 0 Å². The molecule has 0 saturated carbocycles. The summed E-state index contributed by atoms with van der Waals surface area (Å²) in [5.41, 5.74) is 0.974. The zero-order valence-electron chi connectivity index (χ0n) is 12.3. The Labute approximate surface area is 130 Å². The second-order valence-corrected chi connectivity index (χ2v) is 5.67. The maximum absolute atomic E-state index is 12.7. The van der Waals surface area contributed by atoms with Gasteiger partial charge in [0.1, 0.15) is 12.2 Å². The topological polar surface area (TPSA) is 112 Å². The molecule has 1 aliphatic heterocycles. The summed E-state index contributed by atoms with van der Waals surface area (Å²) in [6.07, 6.45) is 5.08. The normalized spacial score (nSPS) is 18.4. The zero-order chi connectivity index (χ0) is 15.8. The number of piperidine rings is 1. The third kappa shape index (κ3) is 2.50. The fraction of sp³-hybridized carbons (Fsp3) is 0.357. The van der Waals surface area contributed by atoms with Crippen LogP contribution in [0.15, 0.2) is 29.5 Å². The molecule has 0 aromatic carbocycles. The lowest BCUT2D eigenvalue weighted by atomic mass is 9.97. The summed E-state index contributed by atoms with van der Waals surface area (Å²) in [7, 11) is 0. The van der Waals surface area contributed by atoms with E-state index in [9.17, 15) is 9.59 Å². The smallest absolute Gasteiger partial charge is 0.338 e. The number of aromatic nitrogens is 6. The number of H-pyrrole nitrogens is 2. The first kappa shape index (κ1) is 13.7. The molecule has 1 amide bonds. The highest BCUT2D eigenvalue weighted by molar-refractivity contribution is 5.94. The molecule has 4 heterocycles. The van der Waals surface area contributed by atoms with Crippen LogP contribution in [0.2, 0.25) is 0 Å². The lowest BCUT2D eigenvalue weighted by Gasteiger charge is -2.31. The summed E-state index contributed by atoms with van der Waals surface area (Å²) < 4.78 is 1.72. The van der Waals surface area contributed by atoms with Crippen LogP contribution in [0.25, 0.3) is 5.65 Å². The number of hydrogen-bond acceptors (Lipinski definition) is 5. The van der Waals surface area contributed by atoms with Crippen molar-refractivity contribution in [1.82, 2.24) is 34.7 Å². The first-order valence-electron chi connectivity index (χ1n) is 7.44. The van der Waals surface area contributed by atoms with Crippen molar-refractivity contribution in [3.8, 4) is 0 Å². The van der Waals surface area contributed by atoms with Crippen LogP contribution in [0.5, 0.6) is 0 Å². The molecule has 2 N–H and O–H groups in total. The van der Waals surface area contributed by atoms with Crippen LogP contribution in [-0.4, -0.2) is 53.7 Å². The highest BCUT2D eigenvalue weighted by atomic mass is 16.2. The Morgan fingerprint density at radius 1 is 1.35 bits per heavy atom. The number of likely N-dealkylation sites (tertiary alicyclic amines) is 1. The standard InChI is InChI=1S/C14H15N7O2/c22-13(10-3-4-11-17-15-8-21(11)7-10)20-5-1-2-9(6-20)12-16-14(23)19-18-12/h3-4,7-9H,1-2,5-6H2,(H2,16,18,19,23). The Kier molecular flexibility index (Phi) is 3.18. The molecular formula is C14H15N7O2. The molecule has 1 aliphatic rings. The molecule has 1 unspecified atom stereocenters. The van der Waals surface area contributed by atoms with Crippen molar-refractivity contribution in [2.45, 2.75) is 18.8 Å². The van der Waals surface area contributed by atoms with E-state index in [4.69, 9.17) is 0 Å². The highest BCUT2D eigenvalue weighted by Gasteiger charge is 2.27. The molecule has 23 heavy (non-hydrogen) atoms. The highest BCUT2D eigenvalue weighted by Crippen LogP contribution is 2.24. The van der Waals surface area contributed by atoms with Gasteiger partial charge in [-0.15, -0.1) is 10.2 Å². The number of carbonyl (C=O) groups excluding carboxylic acids is 1. The quantitative estimate of drug-likeness (QED) is 0.700. The fourth-order valence-electron chi connectivity index (χ4n) is 3.00. The van der Waals surface area contributed by atoms with Crippen molar-refractivity contribution < 1.29 is 4.79 Å². The van der Waals surface area contributed by atoms with Gasteiger partial charge in [-0.2, -0.15) is 5.10 Å². The van der Waals surface area contributed by atoms with Gasteiger partial charge in [-0.3, -0.25) is 14.2 Å². The van der Waals surface area contributed by atoms with Crippen LogP contribution >= 0.6 is 0 Å². The maximum atomic E-state index is 12.7. The van der Waals surface area contributed by atoms with Crippen molar-refractivity contribution in [3.05, 3.63) is 46.5 Å². The van der Waals surface area contributed by atoms with Crippen LogP contribution in [0, 0.1) is 0 Å². The van der Waals surface area contributed by atoms with Gasteiger partial charge in [0.25, 0.3) is 5.91 Å². The number of pyridine rings is 1. The van der Waals surface area contributed by atoms with Gasteiger partial charge in [0.2, 0.25) is 0 Å². The molecule has 0 bridgehead atoms. The minimum absolute atomic E-state index is 0.0387. The average Bonchev–Trinajstić information content (AvgIpc) is 3.22. The summed E-state index contributed by atoms with van der Waals surface area (Å²) in [5, 5.41) is 14.1. The Balaban J connectivity index is 1.56. The number of hydrogen-bond donors (Lipinski definition) is 2. The molecule has 1 fully saturated rings. The molecule has 3 aromatic rings. The predicted octanol–water partition coefficient (Wildman–Crippen LogP) is 0.160. The lowest BCUT2D eigenvalue weighted by Crippen LogP contribution is -2.39. The number of amides is 1. The minimum atomic E-state index is -0.318. The van der Waals surface area contributed by atoms with E-state index >= 15 is 0 Å². The average molecular weight is 313 g/mol. The van der Waals surface area contributed by atoms with Crippen LogP contribution in [0.4, 0.5) is 0 Å². The van der Waals surface area contributed by atoms with E-state index in [-0.39, 0.29) is 17.5 Å². The molecule has 118 valence electrons. The van der Waals surface area contributed by atoms with Crippen molar-refractivity contribution in [1.29, 1.82) is 0 Å². The Morgan fingerprint density at radius 2 is 2.26 bits per heavy atom. The molecule has 0 aliphatic carbocycles. The lowest BCUT2D eigenvalue weighted by molar-refractivity contribution is 0.0704. The van der Waals surface area contributed by atoms with Gasteiger partial charge in [-0.05, 0) is 25.0 Å². The van der Waals surface area contributed by atoms with Crippen LogP contribution in [0.3, 0.4) is 0 Å². The predicted molar refractivity (Wildman–Crippen MR) is 80.1 cm³/mol. The van der Waals surface area contributed by atoms with Gasteiger partial charge in [-0.1, -0.05) is 0 Å². The van der Waals surface area contributed by atoms with Gasteiger partial charge < -0.3 is 4.90 Å². The van der Waals surface area contributed by atoms with Crippen molar-refractivity contribution in [2.24, 2.45) is 0 Å². The molecule has 3 aromatic heterocycles. The Morgan fingerprint density at radius 3 is 3.09 bits per heavy atom. The van der Waals surface area contributed by atoms with E-state index in [0.717, 1.165) is 12.8 Å². The first-order chi connectivity index (χ1) is 11.2. The number of rotatable bonds is 2. The number of fused-ring (bicyclic) bond motifs is 1. The van der Waals surface area contributed by atoms with Crippen LogP contribution in [0.1, 0.15) is 34.9 Å². The zero-order valence-corrected chi connectivity index (χ0v) is 12.3. The second-order valence-electron chi connectivity index (χ2n) is 5.67. The monoisotopic (exact) mass is 313 g/mol. The number of nitrogens with one attached hydrogen (secondary N) is 2. The van der Waals surface area contributed by atoms with E-state index in [2.05, 4.69) is 25.4 Å². The van der Waals surface area contributed by atoms with Gasteiger partial charge >= 0.3 is 5.69 Å².